The van der Waals surface area contributed by atoms with Crippen LogP contribution in [0.4, 0.5) is 0 Å². The number of rotatable bonds is 6. The minimum Gasteiger partial charge on any atom is -0.494 e. The fourth-order valence-electron chi connectivity index (χ4n) is 1.43. The summed E-state index contributed by atoms with van der Waals surface area (Å²) in [6.07, 6.45) is 6.33. The van der Waals surface area contributed by atoms with Crippen molar-refractivity contribution in [2.75, 3.05) is 6.61 Å². The molecule has 0 aliphatic rings. The number of hydrogen-bond donors (Lipinski definition) is 1. The number of benzene rings is 1. The second kappa shape index (κ2) is 6.92. The molecule has 1 unspecified atom stereocenters. The first-order valence-electron chi connectivity index (χ1n) is 5.71. The quantitative estimate of drug-likeness (QED) is 0.739. The topological polar surface area (TPSA) is 21.3 Å². The van der Waals surface area contributed by atoms with Crippen molar-refractivity contribution in [3.05, 3.63) is 29.8 Å². The number of ether oxygens (including phenoxy) is 1. The molecule has 16 heavy (non-hydrogen) atoms. The average Bonchev–Trinajstić information content (AvgIpc) is 2.33. The lowest BCUT2D eigenvalue weighted by atomic mass is 10.2. The number of nitrogens with one attached hydrogen (secondary N) is 1. The predicted octanol–water partition coefficient (Wildman–Crippen LogP) is 2.59. The number of terminal acetylenes is 1. The van der Waals surface area contributed by atoms with Crippen LogP contribution in [0, 0.1) is 12.3 Å². The molecule has 0 saturated carbocycles. The lowest BCUT2D eigenvalue weighted by molar-refractivity contribution is 0.340. The van der Waals surface area contributed by atoms with E-state index in [9.17, 15) is 0 Å². The first kappa shape index (κ1) is 12.6. The molecule has 0 fully saturated rings. The zero-order chi connectivity index (χ0) is 11.8. The molecular formula is C14H19NO. The molecule has 1 rings (SSSR count). The third-order valence-electron chi connectivity index (χ3n) is 2.40. The van der Waals surface area contributed by atoms with E-state index in [1.54, 1.807) is 0 Å². The van der Waals surface area contributed by atoms with Crippen molar-refractivity contribution >= 4 is 0 Å². The zero-order valence-corrected chi connectivity index (χ0v) is 9.99. The van der Waals surface area contributed by atoms with Crippen LogP contribution in [0.3, 0.4) is 0 Å². The van der Waals surface area contributed by atoms with Crippen molar-refractivity contribution < 1.29 is 4.74 Å². The molecule has 2 heteroatoms. The van der Waals surface area contributed by atoms with Crippen molar-refractivity contribution in [3.8, 4) is 18.1 Å². The second-order valence-electron chi connectivity index (χ2n) is 3.59. The monoisotopic (exact) mass is 217 g/mol. The fourth-order valence-corrected chi connectivity index (χ4v) is 1.43. The van der Waals surface area contributed by atoms with E-state index in [1.807, 2.05) is 19.1 Å². The van der Waals surface area contributed by atoms with E-state index in [-0.39, 0.29) is 6.04 Å². The van der Waals surface area contributed by atoms with Gasteiger partial charge in [0.1, 0.15) is 5.75 Å². The normalized spacial score (nSPS) is 11.8. The molecule has 2 nitrogen and oxygen atoms in total. The Morgan fingerprint density at radius 2 is 2.00 bits per heavy atom. The third kappa shape index (κ3) is 3.96. The Bertz CT molecular complexity index is 337. The standard InChI is InChI=1S/C14H19NO/c1-4-13(5-2)15-11-12-7-9-14(10-8-12)16-6-3/h1,7-10,13,15H,5-6,11H2,2-3H3. The van der Waals surface area contributed by atoms with Gasteiger partial charge in [-0.1, -0.05) is 25.0 Å². The highest BCUT2D eigenvalue weighted by molar-refractivity contribution is 5.27. The molecule has 0 aliphatic heterocycles. The second-order valence-corrected chi connectivity index (χ2v) is 3.59. The van der Waals surface area contributed by atoms with Crippen LogP contribution in [0.15, 0.2) is 24.3 Å². The van der Waals surface area contributed by atoms with E-state index in [2.05, 4.69) is 30.3 Å². The van der Waals surface area contributed by atoms with Crippen molar-refractivity contribution in [2.24, 2.45) is 0 Å². The summed E-state index contributed by atoms with van der Waals surface area (Å²) in [4.78, 5) is 0. The lowest BCUT2D eigenvalue weighted by Crippen LogP contribution is -2.25. The van der Waals surface area contributed by atoms with E-state index in [0.717, 1.165) is 18.7 Å². The van der Waals surface area contributed by atoms with Crippen LogP contribution < -0.4 is 10.1 Å². The van der Waals surface area contributed by atoms with Crippen LogP contribution in [0.1, 0.15) is 25.8 Å². The van der Waals surface area contributed by atoms with E-state index >= 15 is 0 Å². The van der Waals surface area contributed by atoms with E-state index in [4.69, 9.17) is 11.2 Å². The van der Waals surface area contributed by atoms with Gasteiger partial charge in [0, 0.05) is 6.54 Å². The van der Waals surface area contributed by atoms with Gasteiger partial charge in [-0.2, -0.15) is 0 Å². The minimum atomic E-state index is 0.159. The summed E-state index contributed by atoms with van der Waals surface area (Å²) in [5, 5.41) is 3.31. The maximum absolute atomic E-state index is 5.38. The lowest BCUT2D eigenvalue weighted by Gasteiger charge is -2.10. The van der Waals surface area contributed by atoms with Gasteiger partial charge >= 0.3 is 0 Å². The Labute approximate surface area is 98.0 Å². The molecule has 0 heterocycles. The Hall–Kier alpha value is -1.46. The Morgan fingerprint density at radius 3 is 2.50 bits per heavy atom. The molecule has 0 spiro atoms. The molecule has 1 aromatic carbocycles. The Kier molecular flexibility index (Phi) is 5.45. The Balaban J connectivity index is 2.46. The molecule has 0 amide bonds. The van der Waals surface area contributed by atoms with Crippen LogP contribution in [-0.4, -0.2) is 12.6 Å². The van der Waals surface area contributed by atoms with Gasteiger partial charge in [-0.25, -0.2) is 0 Å². The predicted molar refractivity (Wildman–Crippen MR) is 67.4 cm³/mol. The molecule has 0 aliphatic carbocycles. The average molecular weight is 217 g/mol. The van der Waals surface area contributed by atoms with Gasteiger partial charge in [0.2, 0.25) is 0 Å². The van der Waals surface area contributed by atoms with Crippen LogP contribution in [0.5, 0.6) is 5.75 Å². The molecule has 1 atom stereocenters. The summed E-state index contributed by atoms with van der Waals surface area (Å²) in [6, 6.07) is 8.24. The molecule has 0 saturated heterocycles. The van der Waals surface area contributed by atoms with Crippen molar-refractivity contribution in [2.45, 2.75) is 32.9 Å². The molecule has 0 radical (unpaired) electrons. The first-order chi connectivity index (χ1) is 7.80. The van der Waals surface area contributed by atoms with E-state index < -0.39 is 0 Å². The van der Waals surface area contributed by atoms with E-state index in [0.29, 0.717) is 6.61 Å². The maximum Gasteiger partial charge on any atom is 0.119 e. The van der Waals surface area contributed by atoms with E-state index in [1.165, 1.54) is 5.56 Å². The molecule has 1 N–H and O–H groups in total. The molecule has 0 bridgehead atoms. The molecule has 86 valence electrons. The molecule has 1 aromatic rings. The summed E-state index contributed by atoms with van der Waals surface area (Å²) < 4.78 is 5.38. The van der Waals surface area contributed by atoms with Gasteiger partial charge in [0.25, 0.3) is 0 Å². The smallest absolute Gasteiger partial charge is 0.119 e. The summed E-state index contributed by atoms with van der Waals surface area (Å²) in [5.41, 5.74) is 1.22. The van der Waals surface area contributed by atoms with Gasteiger partial charge in [0.05, 0.1) is 12.6 Å². The fraction of sp³-hybridized carbons (Fsp3) is 0.429. The van der Waals surface area contributed by atoms with Gasteiger partial charge in [0.15, 0.2) is 0 Å². The van der Waals surface area contributed by atoms with Crippen molar-refractivity contribution in [1.29, 1.82) is 0 Å². The van der Waals surface area contributed by atoms with Crippen molar-refractivity contribution in [1.82, 2.24) is 5.32 Å². The van der Waals surface area contributed by atoms with Crippen LogP contribution in [-0.2, 0) is 6.54 Å². The summed E-state index contributed by atoms with van der Waals surface area (Å²) in [6.45, 7) is 5.56. The maximum atomic E-state index is 5.38. The molecule has 0 aromatic heterocycles. The summed E-state index contributed by atoms with van der Waals surface area (Å²) in [5.74, 6) is 3.63. The summed E-state index contributed by atoms with van der Waals surface area (Å²) in [7, 11) is 0. The van der Waals surface area contributed by atoms with Crippen LogP contribution in [0.25, 0.3) is 0 Å². The first-order valence-corrected chi connectivity index (χ1v) is 5.71. The zero-order valence-electron chi connectivity index (χ0n) is 9.99. The highest BCUT2D eigenvalue weighted by Gasteiger charge is 2.00. The third-order valence-corrected chi connectivity index (χ3v) is 2.40. The largest absolute Gasteiger partial charge is 0.494 e. The molecular weight excluding hydrogens is 198 g/mol. The SMILES string of the molecule is C#CC(CC)NCc1ccc(OCC)cc1. The van der Waals surface area contributed by atoms with Gasteiger partial charge in [-0.3, -0.25) is 5.32 Å². The van der Waals surface area contributed by atoms with Crippen molar-refractivity contribution in [3.63, 3.8) is 0 Å². The summed E-state index contributed by atoms with van der Waals surface area (Å²) >= 11 is 0. The number of hydrogen-bond acceptors (Lipinski definition) is 2. The highest BCUT2D eigenvalue weighted by Crippen LogP contribution is 2.12. The minimum absolute atomic E-state index is 0.159. The van der Waals surface area contributed by atoms with Crippen LogP contribution in [0.2, 0.25) is 0 Å². The van der Waals surface area contributed by atoms with Crippen LogP contribution >= 0.6 is 0 Å². The van der Waals surface area contributed by atoms with Gasteiger partial charge in [-0.05, 0) is 31.0 Å². The Morgan fingerprint density at radius 1 is 1.31 bits per heavy atom. The van der Waals surface area contributed by atoms with Gasteiger partial charge < -0.3 is 4.74 Å². The van der Waals surface area contributed by atoms with Gasteiger partial charge in [-0.15, -0.1) is 6.42 Å². The highest BCUT2D eigenvalue weighted by atomic mass is 16.5.